The minimum Gasteiger partial charge on any atom is -0.417 e. The molecule has 0 spiro atoms. The average Bonchev–Trinajstić information content (AvgIpc) is 2.09. The van der Waals surface area contributed by atoms with Crippen LogP contribution < -0.4 is 0 Å². The molecule has 0 N–H and O–H groups in total. The van der Waals surface area contributed by atoms with Crippen molar-refractivity contribution in [2.45, 2.75) is 64.6 Å². The number of alkyl halides is 1. The highest BCUT2D eigenvalue weighted by atomic mass is 127. The van der Waals surface area contributed by atoms with Crippen LogP contribution in [0.3, 0.4) is 0 Å². The Morgan fingerprint density at radius 2 is 1.53 bits per heavy atom. The van der Waals surface area contributed by atoms with Crippen molar-refractivity contribution in [3.8, 4) is 0 Å². The molecule has 0 atom stereocenters. The molecule has 1 nitrogen and oxygen atoms in total. The Kier molecular flexibility index (Phi) is 7.71. The van der Waals surface area contributed by atoms with E-state index < -0.39 is 8.32 Å². The molecule has 0 fully saturated rings. The Bertz CT molecular complexity index is 163. The summed E-state index contributed by atoms with van der Waals surface area (Å²) in [6.07, 6.45) is 5.30. The van der Waals surface area contributed by atoms with E-state index in [1.165, 1.54) is 30.1 Å². The first-order valence-electron chi connectivity index (χ1n) is 6.01. The smallest absolute Gasteiger partial charge is 0.191 e. The van der Waals surface area contributed by atoms with E-state index in [1.807, 2.05) is 0 Å². The zero-order valence-electron chi connectivity index (χ0n) is 11.0. The van der Waals surface area contributed by atoms with E-state index in [0.717, 1.165) is 6.61 Å². The van der Waals surface area contributed by atoms with Crippen molar-refractivity contribution >= 4 is 30.9 Å². The number of rotatable bonds is 7. The standard InChI is InChI=1S/C12H27IOSi/c1-12(2,3)15(4,5)14-11-9-7-6-8-10-13/h6-11H2,1-5H3. The predicted octanol–water partition coefficient (Wildman–Crippen LogP) is 5.00. The lowest BCUT2D eigenvalue weighted by Crippen LogP contribution is -2.40. The van der Waals surface area contributed by atoms with Crippen molar-refractivity contribution in [1.82, 2.24) is 0 Å². The van der Waals surface area contributed by atoms with Gasteiger partial charge in [-0.05, 0) is 35.4 Å². The second kappa shape index (κ2) is 7.28. The second-order valence-electron chi connectivity index (χ2n) is 5.71. The minimum absolute atomic E-state index is 0.356. The third kappa shape index (κ3) is 6.95. The SMILES string of the molecule is CC(C)(C)[Si](C)(C)OCCCCCCI. The molecule has 0 radical (unpaired) electrons. The molecule has 0 unspecified atom stereocenters. The number of hydrogen-bond donors (Lipinski definition) is 0. The zero-order valence-corrected chi connectivity index (χ0v) is 14.2. The molecule has 0 heterocycles. The lowest BCUT2D eigenvalue weighted by Gasteiger charge is -2.36. The Morgan fingerprint density at radius 3 is 2.00 bits per heavy atom. The lowest BCUT2D eigenvalue weighted by molar-refractivity contribution is 0.278. The van der Waals surface area contributed by atoms with E-state index in [4.69, 9.17) is 4.43 Å². The Morgan fingerprint density at radius 1 is 1.00 bits per heavy atom. The van der Waals surface area contributed by atoms with Crippen LogP contribution in [-0.4, -0.2) is 19.4 Å². The van der Waals surface area contributed by atoms with Crippen molar-refractivity contribution < 1.29 is 4.43 Å². The van der Waals surface area contributed by atoms with Crippen LogP contribution in [0.25, 0.3) is 0 Å². The summed E-state index contributed by atoms with van der Waals surface area (Å²) in [7, 11) is -1.47. The Labute approximate surface area is 111 Å². The molecular weight excluding hydrogens is 315 g/mol. The van der Waals surface area contributed by atoms with Gasteiger partial charge in [-0.2, -0.15) is 0 Å². The third-order valence-electron chi connectivity index (χ3n) is 3.30. The van der Waals surface area contributed by atoms with Crippen LogP contribution in [0.5, 0.6) is 0 Å². The molecule has 0 aromatic rings. The zero-order chi connectivity index (χ0) is 11.9. The summed E-state index contributed by atoms with van der Waals surface area (Å²) in [5.41, 5.74) is 0. The number of hydrogen-bond acceptors (Lipinski definition) is 1. The van der Waals surface area contributed by atoms with Crippen molar-refractivity contribution in [2.24, 2.45) is 0 Å². The fourth-order valence-electron chi connectivity index (χ4n) is 1.09. The first-order valence-corrected chi connectivity index (χ1v) is 10.4. The molecule has 0 aromatic carbocycles. The first-order chi connectivity index (χ1) is 6.81. The molecule has 0 bridgehead atoms. The molecule has 0 saturated carbocycles. The molecule has 0 aliphatic heterocycles. The molecular formula is C12H27IOSi. The molecule has 0 saturated heterocycles. The maximum Gasteiger partial charge on any atom is 0.191 e. The molecule has 15 heavy (non-hydrogen) atoms. The molecule has 0 amide bonds. The average molecular weight is 342 g/mol. The van der Waals surface area contributed by atoms with Crippen molar-refractivity contribution in [3.05, 3.63) is 0 Å². The van der Waals surface area contributed by atoms with Gasteiger partial charge in [-0.1, -0.05) is 56.2 Å². The highest BCUT2D eigenvalue weighted by Gasteiger charge is 2.36. The summed E-state index contributed by atoms with van der Waals surface area (Å²) in [6.45, 7) is 12.5. The summed E-state index contributed by atoms with van der Waals surface area (Å²) < 4.78 is 7.40. The van der Waals surface area contributed by atoms with Gasteiger partial charge in [0.15, 0.2) is 8.32 Å². The summed E-state index contributed by atoms with van der Waals surface area (Å²) in [5.74, 6) is 0. The molecule has 3 heteroatoms. The van der Waals surface area contributed by atoms with Gasteiger partial charge in [-0.25, -0.2) is 0 Å². The van der Waals surface area contributed by atoms with E-state index in [0.29, 0.717) is 5.04 Å². The fourth-order valence-corrected chi connectivity index (χ4v) is 2.72. The van der Waals surface area contributed by atoms with E-state index >= 15 is 0 Å². The van der Waals surface area contributed by atoms with Crippen molar-refractivity contribution in [3.63, 3.8) is 0 Å². The maximum absolute atomic E-state index is 6.11. The molecule has 0 rings (SSSR count). The number of unbranched alkanes of at least 4 members (excludes halogenated alkanes) is 3. The van der Waals surface area contributed by atoms with Crippen LogP contribution in [0.4, 0.5) is 0 Å². The Balaban J connectivity index is 3.58. The van der Waals surface area contributed by atoms with Gasteiger partial charge in [0.2, 0.25) is 0 Å². The van der Waals surface area contributed by atoms with Crippen LogP contribution in [0.15, 0.2) is 0 Å². The van der Waals surface area contributed by atoms with Gasteiger partial charge in [-0.3, -0.25) is 0 Å². The van der Waals surface area contributed by atoms with Gasteiger partial charge < -0.3 is 4.43 Å². The highest BCUT2D eigenvalue weighted by Crippen LogP contribution is 2.36. The second-order valence-corrected chi connectivity index (χ2v) is 11.6. The topological polar surface area (TPSA) is 9.23 Å². The van der Waals surface area contributed by atoms with Crippen LogP contribution >= 0.6 is 22.6 Å². The predicted molar refractivity (Wildman–Crippen MR) is 80.5 cm³/mol. The van der Waals surface area contributed by atoms with Gasteiger partial charge >= 0.3 is 0 Å². The van der Waals surface area contributed by atoms with Gasteiger partial charge in [0.05, 0.1) is 0 Å². The quantitative estimate of drug-likeness (QED) is 0.274. The number of halogens is 1. The molecule has 0 aliphatic carbocycles. The van der Waals surface area contributed by atoms with Crippen LogP contribution in [0.1, 0.15) is 46.5 Å². The maximum atomic E-state index is 6.11. The monoisotopic (exact) mass is 342 g/mol. The van der Waals surface area contributed by atoms with Crippen LogP contribution in [0, 0.1) is 0 Å². The molecule has 0 aliphatic rings. The largest absolute Gasteiger partial charge is 0.417 e. The van der Waals surface area contributed by atoms with E-state index in [1.54, 1.807) is 0 Å². The summed E-state index contributed by atoms with van der Waals surface area (Å²) in [5, 5.41) is 0.356. The summed E-state index contributed by atoms with van der Waals surface area (Å²) in [6, 6.07) is 0. The van der Waals surface area contributed by atoms with Crippen molar-refractivity contribution in [2.75, 3.05) is 11.0 Å². The fraction of sp³-hybridized carbons (Fsp3) is 1.00. The van der Waals surface area contributed by atoms with E-state index in [2.05, 4.69) is 56.5 Å². The van der Waals surface area contributed by atoms with Crippen LogP contribution in [0.2, 0.25) is 18.1 Å². The molecule has 0 aromatic heterocycles. The molecule has 92 valence electrons. The first kappa shape index (κ1) is 15.9. The van der Waals surface area contributed by atoms with Crippen molar-refractivity contribution in [1.29, 1.82) is 0 Å². The minimum atomic E-state index is -1.47. The van der Waals surface area contributed by atoms with E-state index in [9.17, 15) is 0 Å². The Hall–Kier alpha value is 0.907. The normalized spacial score (nSPS) is 13.2. The van der Waals surface area contributed by atoms with E-state index in [-0.39, 0.29) is 0 Å². The lowest BCUT2D eigenvalue weighted by atomic mass is 10.2. The van der Waals surface area contributed by atoms with Gasteiger partial charge in [0.25, 0.3) is 0 Å². The third-order valence-corrected chi connectivity index (χ3v) is 8.60. The van der Waals surface area contributed by atoms with Crippen LogP contribution in [-0.2, 0) is 4.43 Å². The van der Waals surface area contributed by atoms with Gasteiger partial charge in [0, 0.05) is 6.61 Å². The highest BCUT2D eigenvalue weighted by molar-refractivity contribution is 14.1. The summed E-state index contributed by atoms with van der Waals surface area (Å²) in [4.78, 5) is 0. The van der Waals surface area contributed by atoms with Gasteiger partial charge in [-0.15, -0.1) is 0 Å². The summed E-state index contributed by atoms with van der Waals surface area (Å²) >= 11 is 2.45. The van der Waals surface area contributed by atoms with Gasteiger partial charge in [0.1, 0.15) is 0 Å².